The maximum Gasteiger partial charge on any atom is 0.490 e. The molecular formula is C21H29F3N4O3. The Morgan fingerprint density at radius 3 is 2.16 bits per heavy atom. The number of pyridine rings is 1. The lowest BCUT2D eigenvalue weighted by atomic mass is 9.98. The molecule has 0 saturated carbocycles. The Bertz CT molecular complexity index is 752. The second kappa shape index (κ2) is 9.95. The van der Waals surface area contributed by atoms with E-state index in [1.165, 1.54) is 32.1 Å². The summed E-state index contributed by atoms with van der Waals surface area (Å²) in [6, 6.07) is 5.39. The van der Waals surface area contributed by atoms with Gasteiger partial charge in [0.1, 0.15) is 5.82 Å². The molecule has 1 aromatic heterocycles. The van der Waals surface area contributed by atoms with Crippen molar-refractivity contribution in [2.24, 2.45) is 5.73 Å². The summed E-state index contributed by atoms with van der Waals surface area (Å²) in [7, 11) is 0. The van der Waals surface area contributed by atoms with Crippen LogP contribution in [0.2, 0.25) is 0 Å². The molecule has 3 aliphatic rings. The van der Waals surface area contributed by atoms with Gasteiger partial charge in [-0.15, -0.1) is 0 Å². The topological polar surface area (TPSA) is 99.8 Å². The Hall–Kier alpha value is -2.20. The predicted octanol–water partition coefficient (Wildman–Crippen LogP) is 2.84. The Labute approximate surface area is 179 Å². The van der Waals surface area contributed by atoms with E-state index < -0.39 is 12.1 Å². The quantitative estimate of drug-likeness (QED) is 0.692. The van der Waals surface area contributed by atoms with Crippen LogP contribution in [0.4, 0.5) is 19.0 Å². The highest BCUT2D eigenvalue weighted by atomic mass is 19.4. The average molecular weight is 442 g/mol. The third kappa shape index (κ3) is 6.16. The average Bonchev–Trinajstić information content (AvgIpc) is 2.99. The minimum Gasteiger partial charge on any atom is -0.475 e. The molecule has 4 rings (SSSR count). The van der Waals surface area contributed by atoms with Crippen LogP contribution >= 0.6 is 0 Å². The first kappa shape index (κ1) is 23.5. The maximum absolute atomic E-state index is 12.5. The van der Waals surface area contributed by atoms with Crippen molar-refractivity contribution in [3.63, 3.8) is 0 Å². The molecule has 0 aromatic carbocycles. The van der Waals surface area contributed by atoms with Gasteiger partial charge in [-0.1, -0.05) is 6.42 Å². The first-order chi connectivity index (χ1) is 14.6. The summed E-state index contributed by atoms with van der Waals surface area (Å²) in [6.45, 7) is 2.63. The van der Waals surface area contributed by atoms with E-state index in [2.05, 4.69) is 14.8 Å². The van der Waals surface area contributed by atoms with Gasteiger partial charge in [-0.25, -0.2) is 9.78 Å². The molecule has 3 fully saturated rings. The van der Waals surface area contributed by atoms with Crippen LogP contribution in [0, 0.1) is 0 Å². The number of carbonyl (C=O) groups excluding carboxylic acids is 1. The van der Waals surface area contributed by atoms with Crippen molar-refractivity contribution in [2.45, 2.75) is 69.2 Å². The van der Waals surface area contributed by atoms with Crippen molar-refractivity contribution in [3.05, 3.63) is 23.9 Å². The van der Waals surface area contributed by atoms with E-state index in [0.29, 0.717) is 24.7 Å². The van der Waals surface area contributed by atoms with Crippen molar-refractivity contribution in [3.8, 4) is 0 Å². The number of piperidine rings is 2. The molecule has 3 atom stereocenters. The van der Waals surface area contributed by atoms with Crippen molar-refractivity contribution < 1.29 is 27.9 Å². The number of carboxylic acids is 1. The summed E-state index contributed by atoms with van der Waals surface area (Å²) in [6.07, 6.45) is 4.97. The van der Waals surface area contributed by atoms with Crippen LogP contribution in [0.15, 0.2) is 18.3 Å². The fourth-order valence-electron chi connectivity index (χ4n) is 4.71. The predicted molar refractivity (Wildman–Crippen MR) is 109 cm³/mol. The van der Waals surface area contributed by atoms with Crippen molar-refractivity contribution in [1.29, 1.82) is 0 Å². The van der Waals surface area contributed by atoms with E-state index >= 15 is 0 Å². The third-order valence-electron chi connectivity index (χ3n) is 6.16. The summed E-state index contributed by atoms with van der Waals surface area (Å²) in [5.41, 5.74) is 6.89. The number of anilines is 1. The number of fused-ring (bicyclic) bond motifs is 2. The van der Waals surface area contributed by atoms with E-state index in [9.17, 15) is 18.0 Å². The van der Waals surface area contributed by atoms with Crippen LogP contribution < -0.4 is 10.6 Å². The highest BCUT2D eigenvalue weighted by molar-refractivity contribution is 5.97. The number of aliphatic carboxylic acids is 1. The molecule has 172 valence electrons. The van der Waals surface area contributed by atoms with Crippen LogP contribution in [-0.4, -0.2) is 70.7 Å². The number of likely N-dealkylation sites (tertiary alicyclic amines) is 1. The number of hydrogen-bond donors (Lipinski definition) is 2. The Kier molecular flexibility index (Phi) is 7.53. The van der Waals surface area contributed by atoms with Gasteiger partial charge in [-0.3, -0.25) is 9.69 Å². The minimum atomic E-state index is -5.08. The molecule has 3 N–H and O–H groups in total. The second-order valence-corrected chi connectivity index (χ2v) is 8.49. The normalized spacial score (nSPS) is 26.2. The van der Waals surface area contributed by atoms with E-state index in [0.717, 1.165) is 37.3 Å². The lowest BCUT2D eigenvalue weighted by Crippen LogP contribution is -2.47. The van der Waals surface area contributed by atoms with Crippen molar-refractivity contribution in [1.82, 2.24) is 9.88 Å². The van der Waals surface area contributed by atoms with Crippen LogP contribution in [0.25, 0.3) is 0 Å². The summed E-state index contributed by atoms with van der Waals surface area (Å²) >= 11 is 0. The van der Waals surface area contributed by atoms with Crippen LogP contribution in [0.5, 0.6) is 0 Å². The number of aromatic nitrogens is 1. The smallest absolute Gasteiger partial charge is 0.475 e. The molecule has 0 amide bonds. The number of carboxylic acid groups (broad SMARTS) is 1. The number of halogens is 3. The van der Waals surface area contributed by atoms with Gasteiger partial charge in [0, 0.05) is 29.9 Å². The standard InChI is InChI=1S/C19H28N4O.C2HF3O2/c20-15-10-16-5-6-17(11-15)23(16)19-7-4-14(12-21-19)18(24)13-22-8-2-1-3-9-22;3-2(4,5)1(6)7/h4,7,12,15-17H,1-3,5-6,8-11,13,20H2;(H,6,7)/t15-,16+,17-;. The number of rotatable bonds is 4. The molecule has 31 heavy (non-hydrogen) atoms. The number of Topliss-reactive ketones (excluding diaryl/α,β-unsaturated/α-hetero) is 1. The summed E-state index contributed by atoms with van der Waals surface area (Å²) in [4.78, 5) is 30.7. The van der Waals surface area contributed by atoms with Gasteiger partial charge >= 0.3 is 12.1 Å². The molecule has 10 heteroatoms. The molecule has 0 aliphatic carbocycles. The third-order valence-corrected chi connectivity index (χ3v) is 6.16. The highest BCUT2D eigenvalue weighted by Crippen LogP contribution is 2.37. The number of carbonyl (C=O) groups is 2. The van der Waals surface area contributed by atoms with Gasteiger partial charge < -0.3 is 15.7 Å². The summed E-state index contributed by atoms with van der Waals surface area (Å²) < 4.78 is 31.7. The molecule has 0 radical (unpaired) electrons. The maximum atomic E-state index is 12.5. The van der Waals surface area contributed by atoms with Gasteiger partial charge in [0.25, 0.3) is 0 Å². The number of alkyl halides is 3. The van der Waals surface area contributed by atoms with Gasteiger partial charge in [0.2, 0.25) is 0 Å². The summed E-state index contributed by atoms with van der Waals surface area (Å²) in [5, 5.41) is 7.12. The molecule has 2 bridgehead atoms. The zero-order valence-electron chi connectivity index (χ0n) is 17.4. The zero-order chi connectivity index (χ0) is 22.6. The Balaban J connectivity index is 0.000000339. The number of ketones is 1. The van der Waals surface area contributed by atoms with Crippen molar-refractivity contribution in [2.75, 3.05) is 24.5 Å². The highest BCUT2D eigenvalue weighted by Gasteiger charge is 2.40. The lowest BCUT2D eigenvalue weighted by Gasteiger charge is -2.38. The van der Waals surface area contributed by atoms with E-state index in [1.807, 2.05) is 12.1 Å². The van der Waals surface area contributed by atoms with E-state index in [1.54, 1.807) is 6.20 Å². The van der Waals surface area contributed by atoms with Gasteiger partial charge in [-0.2, -0.15) is 13.2 Å². The number of hydrogen-bond acceptors (Lipinski definition) is 6. The molecule has 4 heterocycles. The Morgan fingerprint density at radius 2 is 1.68 bits per heavy atom. The molecule has 1 aromatic rings. The first-order valence-electron chi connectivity index (χ1n) is 10.7. The SMILES string of the molecule is N[C@H]1C[C@H]2CC[C@@H](C1)N2c1ccc(C(=O)CN2CCCCC2)cn1.O=C(O)C(F)(F)F. The fourth-order valence-corrected chi connectivity index (χ4v) is 4.71. The number of nitrogens with two attached hydrogens (primary N) is 1. The van der Waals surface area contributed by atoms with Crippen molar-refractivity contribution >= 4 is 17.6 Å². The molecule has 3 saturated heterocycles. The largest absolute Gasteiger partial charge is 0.490 e. The second-order valence-electron chi connectivity index (χ2n) is 8.49. The van der Waals surface area contributed by atoms with Gasteiger partial charge in [0.05, 0.1) is 6.54 Å². The molecule has 7 nitrogen and oxygen atoms in total. The van der Waals surface area contributed by atoms with Crippen LogP contribution in [0.3, 0.4) is 0 Å². The first-order valence-corrected chi connectivity index (χ1v) is 10.7. The van der Waals surface area contributed by atoms with Crippen LogP contribution in [0.1, 0.15) is 55.3 Å². The molecule has 0 unspecified atom stereocenters. The minimum absolute atomic E-state index is 0.194. The monoisotopic (exact) mass is 442 g/mol. The molecular weight excluding hydrogens is 413 g/mol. The summed E-state index contributed by atoms with van der Waals surface area (Å²) in [5.74, 6) is -1.55. The van der Waals surface area contributed by atoms with E-state index in [4.69, 9.17) is 15.6 Å². The van der Waals surface area contributed by atoms with E-state index in [-0.39, 0.29) is 5.78 Å². The molecule has 3 aliphatic heterocycles. The van der Waals surface area contributed by atoms with Gasteiger partial charge in [-0.05, 0) is 63.7 Å². The van der Waals surface area contributed by atoms with Gasteiger partial charge in [0.15, 0.2) is 5.78 Å². The fraction of sp³-hybridized carbons (Fsp3) is 0.667. The molecule has 0 spiro atoms. The Morgan fingerprint density at radius 1 is 1.10 bits per heavy atom. The number of nitrogens with zero attached hydrogens (tertiary/aromatic N) is 3. The zero-order valence-corrected chi connectivity index (χ0v) is 17.4. The lowest BCUT2D eigenvalue weighted by molar-refractivity contribution is -0.192. The van der Waals surface area contributed by atoms with Crippen LogP contribution in [-0.2, 0) is 4.79 Å².